The molecule has 1 aromatic carbocycles. The molecule has 2 heterocycles. The van der Waals surface area contributed by atoms with E-state index < -0.39 is 0 Å². The van der Waals surface area contributed by atoms with Crippen LogP contribution in [0.4, 0.5) is 5.82 Å². The minimum Gasteiger partial charge on any atom is -0.496 e. The van der Waals surface area contributed by atoms with Gasteiger partial charge in [-0.25, -0.2) is 4.98 Å². The van der Waals surface area contributed by atoms with E-state index >= 15 is 0 Å². The number of anilines is 1. The summed E-state index contributed by atoms with van der Waals surface area (Å²) in [4.78, 5) is 17.0. The molecule has 2 aromatic heterocycles. The van der Waals surface area contributed by atoms with Gasteiger partial charge in [-0.3, -0.25) is 4.79 Å². The van der Waals surface area contributed by atoms with Crippen LogP contribution in [0.2, 0.25) is 0 Å². The standard InChI is InChI=1S/C23H26N4O2/c1-16-9-11-18(29-5)17(14-16)10-12-22(28)25-21-15-19(23(2,3)4)26-27(21)20-8-6-7-13-24-20/h6-15H,1-5H3,(H,25,28)/b12-10+. The van der Waals surface area contributed by atoms with Crippen LogP contribution in [0.5, 0.6) is 5.75 Å². The molecule has 0 spiro atoms. The molecule has 0 unspecified atom stereocenters. The van der Waals surface area contributed by atoms with Crippen LogP contribution in [0, 0.1) is 6.92 Å². The van der Waals surface area contributed by atoms with E-state index in [0.717, 1.165) is 16.8 Å². The molecule has 29 heavy (non-hydrogen) atoms. The number of carbonyl (C=O) groups excluding carboxylic acids is 1. The summed E-state index contributed by atoms with van der Waals surface area (Å²) in [7, 11) is 1.61. The van der Waals surface area contributed by atoms with Gasteiger partial charge in [-0.1, -0.05) is 38.5 Å². The van der Waals surface area contributed by atoms with Crippen molar-refractivity contribution in [2.24, 2.45) is 0 Å². The van der Waals surface area contributed by atoms with Crippen molar-refractivity contribution < 1.29 is 9.53 Å². The zero-order valence-corrected chi connectivity index (χ0v) is 17.4. The predicted molar refractivity (Wildman–Crippen MR) is 115 cm³/mol. The normalized spacial score (nSPS) is 11.6. The number of amides is 1. The van der Waals surface area contributed by atoms with E-state index in [4.69, 9.17) is 4.74 Å². The maximum atomic E-state index is 12.6. The van der Waals surface area contributed by atoms with Crippen LogP contribution in [-0.4, -0.2) is 27.8 Å². The van der Waals surface area contributed by atoms with Crippen LogP contribution < -0.4 is 10.1 Å². The van der Waals surface area contributed by atoms with Crippen LogP contribution in [-0.2, 0) is 10.2 Å². The molecule has 0 atom stereocenters. The van der Waals surface area contributed by atoms with Crippen LogP contribution in [0.1, 0.15) is 37.6 Å². The van der Waals surface area contributed by atoms with E-state index in [1.165, 1.54) is 6.08 Å². The minimum absolute atomic E-state index is 0.162. The van der Waals surface area contributed by atoms with Crippen molar-refractivity contribution in [1.82, 2.24) is 14.8 Å². The molecular weight excluding hydrogens is 364 g/mol. The summed E-state index contributed by atoms with van der Waals surface area (Å²) in [6, 6.07) is 13.3. The van der Waals surface area contributed by atoms with Crippen LogP contribution in [0.3, 0.4) is 0 Å². The molecule has 0 aliphatic carbocycles. The largest absolute Gasteiger partial charge is 0.496 e. The summed E-state index contributed by atoms with van der Waals surface area (Å²) in [5.41, 5.74) is 2.64. The Morgan fingerprint density at radius 3 is 2.62 bits per heavy atom. The van der Waals surface area contributed by atoms with Gasteiger partial charge in [0.2, 0.25) is 5.91 Å². The molecule has 6 nitrogen and oxygen atoms in total. The fraction of sp³-hybridized carbons (Fsp3) is 0.261. The van der Waals surface area contributed by atoms with Gasteiger partial charge in [0.15, 0.2) is 5.82 Å². The summed E-state index contributed by atoms with van der Waals surface area (Å²) in [6.07, 6.45) is 4.93. The van der Waals surface area contributed by atoms with Crippen molar-refractivity contribution in [1.29, 1.82) is 0 Å². The lowest BCUT2D eigenvalue weighted by molar-refractivity contribution is -0.111. The predicted octanol–water partition coefficient (Wildman–Crippen LogP) is 4.53. The Bertz CT molecular complexity index is 1030. The van der Waals surface area contributed by atoms with Gasteiger partial charge in [0, 0.05) is 29.3 Å². The van der Waals surface area contributed by atoms with E-state index in [0.29, 0.717) is 17.4 Å². The second kappa shape index (κ2) is 8.31. The number of methoxy groups -OCH3 is 1. The average Bonchev–Trinajstić information content (AvgIpc) is 3.11. The third kappa shape index (κ3) is 4.90. The van der Waals surface area contributed by atoms with Gasteiger partial charge < -0.3 is 10.1 Å². The van der Waals surface area contributed by atoms with Crippen molar-refractivity contribution in [3.63, 3.8) is 0 Å². The number of benzene rings is 1. The molecule has 1 amide bonds. The number of aromatic nitrogens is 3. The maximum absolute atomic E-state index is 12.6. The van der Waals surface area contributed by atoms with Crippen molar-refractivity contribution >= 4 is 17.8 Å². The van der Waals surface area contributed by atoms with Gasteiger partial charge in [-0.05, 0) is 37.3 Å². The third-order valence-corrected chi connectivity index (χ3v) is 4.39. The number of hydrogen-bond acceptors (Lipinski definition) is 4. The summed E-state index contributed by atoms with van der Waals surface area (Å²) < 4.78 is 7.02. The lowest BCUT2D eigenvalue weighted by Gasteiger charge is -2.13. The number of nitrogens with one attached hydrogen (secondary N) is 1. The molecule has 6 heteroatoms. The molecular formula is C23H26N4O2. The molecule has 0 bridgehead atoms. The Kier molecular flexibility index (Phi) is 5.82. The summed E-state index contributed by atoms with van der Waals surface area (Å²) in [5.74, 6) is 1.67. The topological polar surface area (TPSA) is 69.0 Å². The van der Waals surface area contributed by atoms with Gasteiger partial charge in [-0.15, -0.1) is 0 Å². The highest BCUT2D eigenvalue weighted by atomic mass is 16.5. The van der Waals surface area contributed by atoms with Crippen molar-refractivity contribution in [2.45, 2.75) is 33.1 Å². The van der Waals surface area contributed by atoms with Crippen LogP contribution >= 0.6 is 0 Å². The Morgan fingerprint density at radius 1 is 1.17 bits per heavy atom. The summed E-state index contributed by atoms with van der Waals surface area (Å²) >= 11 is 0. The molecule has 3 rings (SSSR count). The maximum Gasteiger partial charge on any atom is 0.249 e. The second-order valence-corrected chi connectivity index (χ2v) is 7.83. The number of pyridine rings is 1. The molecule has 0 aliphatic heterocycles. The molecule has 0 radical (unpaired) electrons. The molecule has 0 fully saturated rings. The van der Waals surface area contributed by atoms with Gasteiger partial charge in [0.05, 0.1) is 12.8 Å². The Balaban J connectivity index is 1.88. The van der Waals surface area contributed by atoms with Crippen molar-refractivity contribution in [3.8, 4) is 11.6 Å². The van der Waals surface area contributed by atoms with Crippen molar-refractivity contribution in [2.75, 3.05) is 12.4 Å². The number of carbonyl (C=O) groups is 1. The van der Waals surface area contributed by atoms with Crippen LogP contribution in [0.15, 0.2) is 54.7 Å². The highest BCUT2D eigenvalue weighted by molar-refractivity contribution is 6.01. The number of aryl methyl sites for hydroxylation is 1. The highest BCUT2D eigenvalue weighted by Crippen LogP contribution is 2.26. The first kappa shape index (κ1) is 20.3. The van der Waals surface area contributed by atoms with E-state index in [1.807, 2.05) is 49.4 Å². The Labute approximate surface area is 171 Å². The quantitative estimate of drug-likeness (QED) is 0.650. The molecule has 0 aliphatic rings. The molecule has 150 valence electrons. The summed E-state index contributed by atoms with van der Waals surface area (Å²) in [6.45, 7) is 8.23. The first-order chi connectivity index (χ1) is 13.8. The van der Waals surface area contributed by atoms with Gasteiger partial charge in [-0.2, -0.15) is 9.78 Å². The lowest BCUT2D eigenvalue weighted by Crippen LogP contribution is -2.14. The Morgan fingerprint density at radius 2 is 1.97 bits per heavy atom. The van der Waals surface area contributed by atoms with Crippen LogP contribution in [0.25, 0.3) is 11.9 Å². The number of ether oxygens (including phenoxy) is 1. The molecule has 0 saturated carbocycles. The molecule has 0 saturated heterocycles. The first-order valence-electron chi connectivity index (χ1n) is 9.43. The first-order valence-corrected chi connectivity index (χ1v) is 9.43. The second-order valence-electron chi connectivity index (χ2n) is 7.83. The smallest absolute Gasteiger partial charge is 0.249 e. The molecule has 3 aromatic rings. The highest BCUT2D eigenvalue weighted by Gasteiger charge is 2.21. The Hall–Kier alpha value is -3.41. The van der Waals surface area contributed by atoms with E-state index in [-0.39, 0.29) is 11.3 Å². The van der Waals surface area contributed by atoms with E-state index in [9.17, 15) is 4.79 Å². The fourth-order valence-electron chi connectivity index (χ4n) is 2.81. The molecule has 1 N–H and O–H groups in total. The zero-order valence-electron chi connectivity index (χ0n) is 17.4. The SMILES string of the molecule is COc1ccc(C)cc1/C=C/C(=O)Nc1cc(C(C)(C)C)nn1-c1ccccn1. The summed E-state index contributed by atoms with van der Waals surface area (Å²) in [5, 5.41) is 7.58. The van der Waals surface area contributed by atoms with Gasteiger partial charge in [0.25, 0.3) is 0 Å². The number of hydrogen-bond donors (Lipinski definition) is 1. The van der Waals surface area contributed by atoms with Gasteiger partial charge in [0.1, 0.15) is 11.6 Å². The lowest BCUT2D eigenvalue weighted by atomic mass is 9.92. The number of rotatable bonds is 5. The van der Waals surface area contributed by atoms with E-state index in [1.54, 1.807) is 24.1 Å². The number of nitrogens with zero attached hydrogens (tertiary/aromatic N) is 3. The third-order valence-electron chi connectivity index (χ3n) is 4.39. The van der Waals surface area contributed by atoms with Crippen molar-refractivity contribution in [3.05, 3.63) is 71.6 Å². The minimum atomic E-state index is -0.258. The van der Waals surface area contributed by atoms with Gasteiger partial charge >= 0.3 is 0 Å². The average molecular weight is 390 g/mol. The fourth-order valence-corrected chi connectivity index (χ4v) is 2.81. The monoisotopic (exact) mass is 390 g/mol. The zero-order chi connectivity index (χ0) is 21.0. The van der Waals surface area contributed by atoms with E-state index in [2.05, 4.69) is 36.2 Å².